The van der Waals surface area contributed by atoms with Gasteiger partial charge >= 0.3 is 0 Å². The van der Waals surface area contributed by atoms with Crippen LogP contribution in [0.1, 0.15) is 11.1 Å². The molecular formula is C20H26N3O2+. The molecular weight excluding hydrogens is 314 g/mol. The van der Waals surface area contributed by atoms with E-state index in [9.17, 15) is 0 Å². The third-order valence-electron chi connectivity index (χ3n) is 4.54. The van der Waals surface area contributed by atoms with E-state index in [-0.39, 0.29) is 0 Å². The van der Waals surface area contributed by atoms with Gasteiger partial charge in [-0.1, -0.05) is 30.3 Å². The Bertz CT molecular complexity index is 695. The summed E-state index contributed by atoms with van der Waals surface area (Å²) in [7, 11) is 3.34. The Morgan fingerprint density at radius 3 is 2.48 bits per heavy atom. The second-order valence-electron chi connectivity index (χ2n) is 6.22. The zero-order valence-electron chi connectivity index (χ0n) is 14.9. The van der Waals surface area contributed by atoms with Gasteiger partial charge in [-0.25, -0.2) is 0 Å². The molecule has 0 unspecified atom stereocenters. The van der Waals surface area contributed by atoms with Gasteiger partial charge in [-0.05, 0) is 18.2 Å². The minimum atomic E-state index is 0.804. The first-order chi connectivity index (χ1) is 12.3. The van der Waals surface area contributed by atoms with Crippen LogP contribution in [0.4, 0.5) is 0 Å². The number of hydrazone groups is 1. The van der Waals surface area contributed by atoms with Crippen LogP contribution < -0.4 is 14.4 Å². The van der Waals surface area contributed by atoms with Gasteiger partial charge in [-0.2, -0.15) is 5.10 Å². The molecule has 0 aromatic heterocycles. The molecule has 0 bridgehead atoms. The molecule has 1 N–H and O–H groups in total. The molecule has 5 nitrogen and oxygen atoms in total. The fourth-order valence-corrected chi connectivity index (χ4v) is 3.07. The average molecular weight is 340 g/mol. The number of nitrogens with zero attached hydrogens (tertiary/aromatic N) is 2. The van der Waals surface area contributed by atoms with Gasteiger partial charge in [0.2, 0.25) is 0 Å². The van der Waals surface area contributed by atoms with E-state index in [0.717, 1.165) is 49.8 Å². The fourth-order valence-electron chi connectivity index (χ4n) is 3.07. The molecule has 0 saturated carbocycles. The number of benzene rings is 2. The lowest BCUT2D eigenvalue weighted by Gasteiger charge is -2.30. The predicted octanol–water partition coefficient (Wildman–Crippen LogP) is 1.44. The summed E-state index contributed by atoms with van der Waals surface area (Å²) in [5, 5.41) is 6.77. The van der Waals surface area contributed by atoms with Gasteiger partial charge in [-0.15, -0.1) is 0 Å². The summed E-state index contributed by atoms with van der Waals surface area (Å²) in [4.78, 5) is 1.61. The summed E-state index contributed by atoms with van der Waals surface area (Å²) >= 11 is 0. The number of methoxy groups -OCH3 is 2. The van der Waals surface area contributed by atoms with E-state index in [1.165, 1.54) is 5.56 Å². The van der Waals surface area contributed by atoms with Crippen LogP contribution in [0.2, 0.25) is 0 Å². The van der Waals surface area contributed by atoms with Crippen LogP contribution in [0.5, 0.6) is 11.5 Å². The summed E-state index contributed by atoms with van der Waals surface area (Å²) in [6.45, 7) is 5.21. The topological polar surface area (TPSA) is 38.5 Å². The summed E-state index contributed by atoms with van der Waals surface area (Å²) in [5.74, 6) is 1.61. The van der Waals surface area contributed by atoms with E-state index in [0.29, 0.717) is 0 Å². The number of hydrogen-bond donors (Lipinski definition) is 1. The number of rotatable bonds is 6. The van der Waals surface area contributed by atoms with E-state index in [2.05, 4.69) is 40.4 Å². The van der Waals surface area contributed by atoms with Gasteiger partial charge in [-0.3, -0.25) is 5.01 Å². The van der Waals surface area contributed by atoms with Gasteiger partial charge in [0.25, 0.3) is 0 Å². The molecule has 2 aromatic rings. The van der Waals surface area contributed by atoms with Gasteiger partial charge < -0.3 is 14.4 Å². The Kier molecular flexibility index (Phi) is 5.90. The number of quaternary nitrogens is 1. The normalized spacial score (nSPS) is 15.5. The van der Waals surface area contributed by atoms with Crippen molar-refractivity contribution in [2.75, 3.05) is 40.4 Å². The molecule has 1 aliphatic heterocycles. The van der Waals surface area contributed by atoms with Crippen LogP contribution in [0.25, 0.3) is 0 Å². The third-order valence-corrected chi connectivity index (χ3v) is 4.54. The molecule has 25 heavy (non-hydrogen) atoms. The van der Waals surface area contributed by atoms with E-state index in [4.69, 9.17) is 9.47 Å². The van der Waals surface area contributed by atoms with Crippen LogP contribution in [0.3, 0.4) is 0 Å². The lowest BCUT2D eigenvalue weighted by atomic mass is 10.2. The molecule has 3 rings (SSSR count). The maximum absolute atomic E-state index is 5.40. The first-order valence-corrected chi connectivity index (χ1v) is 8.67. The third kappa shape index (κ3) is 4.73. The molecule has 132 valence electrons. The molecule has 2 aromatic carbocycles. The van der Waals surface area contributed by atoms with Crippen molar-refractivity contribution < 1.29 is 14.4 Å². The average Bonchev–Trinajstić information content (AvgIpc) is 2.68. The van der Waals surface area contributed by atoms with Crippen molar-refractivity contribution in [2.24, 2.45) is 5.10 Å². The number of piperazine rings is 1. The first kappa shape index (κ1) is 17.3. The Balaban J connectivity index is 1.56. The van der Waals surface area contributed by atoms with E-state index < -0.39 is 0 Å². The summed E-state index contributed by atoms with van der Waals surface area (Å²) in [6.07, 6.45) is 1.86. The van der Waals surface area contributed by atoms with Crippen molar-refractivity contribution in [3.05, 3.63) is 59.7 Å². The van der Waals surface area contributed by atoms with Gasteiger partial charge in [0.15, 0.2) is 0 Å². The summed E-state index contributed by atoms with van der Waals surface area (Å²) in [5.41, 5.74) is 2.33. The maximum atomic E-state index is 5.40. The van der Waals surface area contributed by atoms with Crippen molar-refractivity contribution in [3.63, 3.8) is 0 Å². The SMILES string of the molecule is COc1ccc(OC)c(C=NN2CC[NH+](Cc3ccccc3)CC2)c1. The van der Waals surface area contributed by atoms with Crippen molar-refractivity contribution in [1.82, 2.24) is 5.01 Å². The zero-order chi connectivity index (χ0) is 17.5. The van der Waals surface area contributed by atoms with Crippen LogP contribution >= 0.6 is 0 Å². The van der Waals surface area contributed by atoms with Crippen LogP contribution in [0.15, 0.2) is 53.6 Å². The summed E-state index contributed by atoms with van der Waals surface area (Å²) in [6, 6.07) is 16.4. The largest absolute Gasteiger partial charge is 0.497 e. The standard InChI is InChI=1S/C20H25N3O2/c1-24-19-8-9-20(25-2)18(14-19)15-21-23-12-10-22(11-13-23)16-17-6-4-3-5-7-17/h3-9,14-15H,10-13,16H2,1-2H3/p+1. The highest BCUT2D eigenvalue weighted by Gasteiger charge is 2.18. The smallest absolute Gasteiger partial charge is 0.127 e. The number of hydrogen-bond acceptors (Lipinski definition) is 4. The highest BCUT2D eigenvalue weighted by atomic mass is 16.5. The molecule has 0 atom stereocenters. The zero-order valence-corrected chi connectivity index (χ0v) is 14.9. The van der Waals surface area contributed by atoms with Crippen molar-refractivity contribution >= 4 is 6.21 Å². The molecule has 1 saturated heterocycles. The Morgan fingerprint density at radius 2 is 1.80 bits per heavy atom. The molecule has 0 aliphatic carbocycles. The highest BCUT2D eigenvalue weighted by Crippen LogP contribution is 2.22. The molecule has 0 radical (unpaired) electrons. The molecule has 1 aliphatic rings. The summed E-state index contributed by atoms with van der Waals surface area (Å²) < 4.78 is 10.7. The minimum Gasteiger partial charge on any atom is -0.497 e. The lowest BCUT2D eigenvalue weighted by Crippen LogP contribution is -3.13. The fraction of sp³-hybridized carbons (Fsp3) is 0.350. The molecule has 5 heteroatoms. The monoisotopic (exact) mass is 340 g/mol. The molecule has 0 amide bonds. The number of ether oxygens (including phenoxy) is 2. The van der Waals surface area contributed by atoms with E-state index in [1.807, 2.05) is 24.4 Å². The van der Waals surface area contributed by atoms with Crippen LogP contribution in [0, 0.1) is 0 Å². The Hall–Kier alpha value is -2.53. The quantitative estimate of drug-likeness (QED) is 0.809. The van der Waals surface area contributed by atoms with Crippen molar-refractivity contribution in [1.29, 1.82) is 0 Å². The Labute approximate surface area is 149 Å². The van der Waals surface area contributed by atoms with Crippen LogP contribution in [-0.4, -0.2) is 51.6 Å². The second-order valence-corrected chi connectivity index (χ2v) is 6.22. The maximum Gasteiger partial charge on any atom is 0.127 e. The highest BCUT2D eigenvalue weighted by molar-refractivity contribution is 5.84. The van der Waals surface area contributed by atoms with Crippen molar-refractivity contribution in [3.8, 4) is 11.5 Å². The predicted molar refractivity (Wildman–Crippen MR) is 99.6 cm³/mol. The van der Waals surface area contributed by atoms with Crippen LogP contribution in [-0.2, 0) is 6.54 Å². The first-order valence-electron chi connectivity index (χ1n) is 8.67. The molecule has 1 fully saturated rings. The molecule has 1 heterocycles. The van der Waals surface area contributed by atoms with E-state index >= 15 is 0 Å². The Morgan fingerprint density at radius 1 is 1.04 bits per heavy atom. The van der Waals surface area contributed by atoms with Gasteiger partial charge in [0.05, 0.1) is 46.6 Å². The minimum absolute atomic E-state index is 0.804. The van der Waals surface area contributed by atoms with E-state index in [1.54, 1.807) is 19.1 Å². The number of nitrogens with one attached hydrogen (secondary N) is 1. The lowest BCUT2D eigenvalue weighted by molar-refractivity contribution is -0.918. The van der Waals surface area contributed by atoms with Gasteiger partial charge in [0.1, 0.15) is 18.0 Å². The second kappa shape index (κ2) is 8.53. The van der Waals surface area contributed by atoms with Gasteiger partial charge in [0, 0.05) is 11.1 Å². The van der Waals surface area contributed by atoms with Crippen molar-refractivity contribution in [2.45, 2.75) is 6.54 Å². The molecule has 0 spiro atoms.